The van der Waals surface area contributed by atoms with Crippen LogP contribution >= 0.6 is 0 Å². The van der Waals surface area contributed by atoms with Gasteiger partial charge in [-0.25, -0.2) is 0 Å². The van der Waals surface area contributed by atoms with Gasteiger partial charge in [-0.1, -0.05) is 19.3 Å². The predicted octanol–water partition coefficient (Wildman–Crippen LogP) is 5.01. The Morgan fingerprint density at radius 3 is 2.71 bits per heavy atom. The molecule has 1 aromatic rings. The SMILES string of the molecule is COc1ccc2c(c1)NC(C1CCCCC1)C1=C2CCC1. The zero-order valence-electron chi connectivity index (χ0n) is 13.0. The lowest BCUT2D eigenvalue weighted by Crippen LogP contribution is -2.34. The lowest BCUT2D eigenvalue weighted by molar-refractivity contribution is 0.334. The van der Waals surface area contributed by atoms with Crippen molar-refractivity contribution in [1.82, 2.24) is 0 Å². The fourth-order valence-electron chi connectivity index (χ4n) is 4.58. The summed E-state index contributed by atoms with van der Waals surface area (Å²) in [7, 11) is 1.75. The van der Waals surface area contributed by atoms with E-state index >= 15 is 0 Å². The highest BCUT2D eigenvalue weighted by Gasteiger charge is 2.34. The molecule has 2 heteroatoms. The summed E-state index contributed by atoms with van der Waals surface area (Å²) in [6.45, 7) is 0. The summed E-state index contributed by atoms with van der Waals surface area (Å²) in [5.74, 6) is 1.80. The summed E-state index contributed by atoms with van der Waals surface area (Å²) in [4.78, 5) is 0. The molecule has 112 valence electrons. The van der Waals surface area contributed by atoms with Crippen molar-refractivity contribution in [2.24, 2.45) is 5.92 Å². The quantitative estimate of drug-likeness (QED) is 0.824. The van der Waals surface area contributed by atoms with Crippen molar-refractivity contribution >= 4 is 11.3 Å². The maximum absolute atomic E-state index is 5.42. The van der Waals surface area contributed by atoms with Crippen LogP contribution in [0.25, 0.3) is 5.57 Å². The molecule has 3 aliphatic rings. The standard InChI is InChI=1S/C19H25NO/c1-21-14-10-11-16-15-8-5-9-17(15)19(20-18(16)12-14)13-6-3-2-4-7-13/h10-13,19-20H,2-9H2,1H3. The molecule has 1 unspecified atom stereocenters. The molecule has 0 amide bonds. The molecule has 1 fully saturated rings. The lowest BCUT2D eigenvalue weighted by atomic mass is 9.77. The molecule has 2 aliphatic carbocycles. The van der Waals surface area contributed by atoms with Gasteiger partial charge in [0, 0.05) is 17.3 Å². The molecule has 4 rings (SSSR count). The van der Waals surface area contributed by atoms with Crippen LogP contribution in [0, 0.1) is 5.92 Å². The fraction of sp³-hybridized carbons (Fsp3) is 0.579. The van der Waals surface area contributed by atoms with Crippen LogP contribution < -0.4 is 10.1 Å². The number of ether oxygens (including phenoxy) is 1. The van der Waals surface area contributed by atoms with Crippen molar-refractivity contribution < 1.29 is 4.74 Å². The van der Waals surface area contributed by atoms with Crippen molar-refractivity contribution in [2.45, 2.75) is 57.4 Å². The number of fused-ring (bicyclic) bond motifs is 2. The third-order valence-electron chi connectivity index (χ3n) is 5.62. The first-order valence-corrected chi connectivity index (χ1v) is 8.53. The summed E-state index contributed by atoms with van der Waals surface area (Å²) in [5.41, 5.74) is 6.09. The van der Waals surface area contributed by atoms with E-state index in [1.807, 2.05) is 0 Å². The first kappa shape index (κ1) is 13.2. The second-order valence-corrected chi connectivity index (χ2v) is 6.79. The van der Waals surface area contributed by atoms with Gasteiger partial charge in [0.2, 0.25) is 0 Å². The second kappa shape index (κ2) is 5.40. The predicted molar refractivity (Wildman–Crippen MR) is 87.8 cm³/mol. The molecule has 1 heterocycles. The number of anilines is 1. The zero-order valence-corrected chi connectivity index (χ0v) is 13.0. The Hall–Kier alpha value is -1.44. The number of methoxy groups -OCH3 is 1. The highest BCUT2D eigenvalue weighted by Crippen LogP contribution is 2.47. The van der Waals surface area contributed by atoms with E-state index in [0.717, 1.165) is 11.7 Å². The summed E-state index contributed by atoms with van der Waals surface area (Å²) in [6.07, 6.45) is 10.9. The molecular weight excluding hydrogens is 258 g/mol. The third-order valence-corrected chi connectivity index (χ3v) is 5.62. The van der Waals surface area contributed by atoms with Gasteiger partial charge < -0.3 is 10.1 Å². The maximum Gasteiger partial charge on any atom is 0.120 e. The van der Waals surface area contributed by atoms with Crippen LogP contribution in [-0.2, 0) is 0 Å². The average molecular weight is 283 g/mol. The Balaban J connectivity index is 1.72. The molecule has 2 nitrogen and oxygen atoms in total. The van der Waals surface area contributed by atoms with Gasteiger partial charge in [0.15, 0.2) is 0 Å². The number of hydrogen-bond acceptors (Lipinski definition) is 2. The van der Waals surface area contributed by atoms with Gasteiger partial charge in [0.25, 0.3) is 0 Å². The van der Waals surface area contributed by atoms with Crippen LogP contribution in [0.15, 0.2) is 23.8 Å². The lowest BCUT2D eigenvalue weighted by Gasteiger charge is -2.37. The Bertz CT molecular complexity index is 569. The van der Waals surface area contributed by atoms with Crippen molar-refractivity contribution in [3.8, 4) is 5.75 Å². The van der Waals surface area contributed by atoms with Gasteiger partial charge in [-0.3, -0.25) is 0 Å². The molecule has 0 spiro atoms. The number of rotatable bonds is 2. The number of nitrogens with one attached hydrogen (secondary N) is 1. The zero-order chi connectivity index (χ0) is 14.2. The van der Waals surface area contributed by atoms with Crippen LogP contribution in [0.1, 0.15) is 56.9 Å². The minimum absolute atomic E-state index is 0.586. The molecule has 1 saturated carbocycles. The van der Waals surface area contributed by atoms with Crippen LogP contribution in [0.2, 0.25) is 0 Å². The number of allylic oxidation sites excluding steroid dienone is 1. The van der Waals surface area contributed by atoms with Crippen LogP contribution in [0.5, 0.6) is 5.75 Å². The van der Waals surface area contributed by atoms with Gasteiger partial charge in [0.05, 0.1) is 13.2 Å². The highest BCUT2D eigenvalue weighted by molar-refractivity contribution is 5.84. The first-order valence-electron chi connectivity index (χ1n) is 8.53. The topological polar surface area (TPSA) is 21.3 Å². The normalized spacial score (nSPS) is 25.3. The van der Waals surface area contributed by atoms with Crippen molar-refractivity contribution in [2.75, 3.05) is 12.4 Å². The van der Waals surface area contributed by atoms with Gasteiger partial charge in [-0.15, -0.1) is 0 Å². The maximum atomic E-state index is 5.42. The molecule has 0 bridgehead atoms. The van der Waals surface area contributed by atoms with E-state index in [0.29, 0.717) is 6.04 Å². The summed E-state index contributed by atoms with van der Waals surface area (Å²) >= 11 is 0. The van der Waals surface area contributed by atoms with Crippen LogP contribution in [-0.4, -0.2) is 13.2 Å². The summed E-state index contributed by atoms with van der Waals surface area (Å²) in [6, 6.07) is 7.12. The van der Waals surface area contributed by atoms with E-state index < -0.39 is 0 Å². The van der Waals surface area contributed by atoms with Crippen molar-refractivity contribution in [3.05, 3.63) is 29.3 Å². The molecule has 0 saturated heterocycles. The largest absolute Gasteiger partial charge is 0.497 e. The van der Waals surface area contributed by atoms with E-state index in [4.69, 9.17) is 4.74 Å². The van der Waals surface area contributed by atoms with E-state index in [-0.39, 0.29) is 0 Å². The molecule has 1 atom stereocenters. The minimum atomic E-state index is 0.586. The number of benzene rings is 1. The molecule has 1 N–H and O–H groups in total. The Labute approximate surface area is 127 Å². The van der Waals surface area contributed by atoms with Crippen LogP contribution in [0.4, 0.5) is 5.69 Å². The van der Waals surface area contributed by atoms with E-state index in [9.17, 15) is 0 Å². The molecule has 0 aromatic heterocycles. The molecule has 21 heavy (non-hydrogen) atoms. The van der Waals surface area contributed by atoms with Crippen molar-refractivity contribution in [3.63, 3.8) is 0 Å². The minimum Gasteiger partial charge on any atom is -0.497 e. The fourth-order valence-corrected chi connectivity index (χ4v) is 4.58. The summed E-state index contributed by atoms with van der Waals surface area (Å²) in [5, 5.41) is 3.87. The van der Waals surface area contributed by atoms with Gasteiger partial charge in [-0.2, -0.15) is 0 Å². The molecule has 0 radical (unpaired) electrons. The Kier molecular flexibility index (Phi) is 3.40. The monoisotopic (exact) mass is 283 g/mol. The second-order valence-electron chi connectivity index (χ2n) is 6.79. The van der Waals surface area contributed by atoms with E-state index in [1.165, 1.54) is 62.6 Å². The highest BCUT2D eigenvalue weighted by atomic mass is 16.5. The van der Waals surface area contributed by atoms with Crippen LogP contribution in [0.3, 0.4) is 0 Å². The Morgan fingerprint density at radius 2 is 1.90 bits per heavy atom. The molecular formula is C19H25NO. The van der Waals surface area contributed by atoms with Gasteiger partial charge >= 0.3 is 0 Å². The first-order chi connectivity index (χ1) is 10.4. The van der Waals surface area contributed by atoms with E-state index in [2.05, 4.69) is 23.5 Å². The van der Waals surface area contributed by atoms with Crippen molar-refractivity contribution in [1.29, 1.82) is 0 Å². The van der Waals surface area contributed by atoms with Gasteiger partial charge in [0.1, 0.15) is 5.75 Å². The Morgan fingerprint density at radius 1 is 1.05 bits per heavy atom. The smallest absolute Gasteiger partial charge is 0.120 e. The van der Waals surface area contributed by atoms with E-state index in [1.54, 1.807) is 18.3 Å². The summed E-state index contributed by atoms with van der Waals surface area (Å²) < 4.78 is 5.42. The molecule has 1 aromatic carbocycles. The third kappa shape index (κ3) is 2.25. The molecule has 1 aliphatic heterocycles. The van der Waals surface area contributed by atoms with Gasteiger partial charge in [-0.05, 0) is 61.3 Å². The average Bonchev–Trinajstić information content (AvgIpc) is 3.04. The number of hydrogen-bond donors (Lipinski definition) is 1.